The second-order valence-corrected chi connectivity index (χ2v) is 4.56. The molecule has 2 aliphatic rings. The summed E-state index contributed by atoms with van der Waals surface area (Å²) in [6.07, 6.45) is 9.72. The van der Waals surface area contributed by atoms with Crippen LogP contribution in [0, 0.1) is 17.2 Å². The molecule has 2 fully saturated rings. The predicted molar refractivity (Wildman–Crippen MR) is 57.3 cm³/mol. The maximum absolute atomic E-state index is 8.78. The van der Waals surface area contributed by atoms with E-state index in [1.54, 1.807) is 0 Å². The summed E-state index contributed by atoms with van der Waals surface area (Å²) in [6.45, 7) is 0. The van der Waals surface area contributed by atoms with Crippen molar-refractivity contribution in [3.8, 4) is 6.07 Å². The van der Waals surface area contributed by atoms with Crippen LogP contribution in [0.2, 0.25) is 0 Å². The van der Waals surface area contributed by atoms with Crippen molar-refractivity contribution in [1.29, 1.82) is 5.26 Å². The van der Waals surface area contributed by atoms with E-state index in [2.05, 4.69) is 6.07 Å². The largest absolute Gasteiger partial charge is 0.291 e. The summed E-state index contributed by atoms with van der Waals surface area (Å²) in [5.41, 5.74) is 1.32. The van der Waals surface area contributed by atoms with Gasteiger partial charge in [0.25, 0.3) is 0 Å². The molecular formula is C12H18N2. The van der Waals surface area contributed by atoms with Crippen molar-refractivity contribution in [2.75, 3.05) is 0 Å². The molecule has 0 amide bonds. The number of rotatable bonds is 1. The van der Waals surface area contributed by atoms with Crippen LogP contribution in [0.25, 0.3) is 0 Å². The minimum atomic E-state index is 0.261. The highest BCUT2D eigenvalue weighted by molar-refractivity contribution is 5.87. The first-order chi connectivity index (χ1) is 6.88. The van der Waals surface area contributed by atoms with E-state index in [-0.39, 0.29) is 5.92 Å². The topological polar surface area (TPSA) is 36.1 Å². The number of hydrogen-bond donors (Lipinski definition) is 0. The Balaban J connectivity index is 1.88. The molecule has 0 N–H and O–H groups in total. The van der Waals surface area contributed by atoms with Gasteiger partial charge in [0.2, 0.25) is 0 Å². The van der Waals surface area contributed by atoms with Crippen LogP contribution >= 0.6 is 0 Å². The first-order valence-corrected chi connectivity index (χ1v) is 5.83. The summed E-state index contributed by atoms with van der Waals surface area (Å²) >= 11 is 0. The summed E-state index contributed by atoms with van der Waals surface area (Å²) in [5, 5.41) is 8.78. The van der Waals surface area contributed by atoms with Gasteiger partial charge in [0.15, 0.2) is 0 Å². The zero-order chi connectivity index (χ0) is 9.80. The van der Waals surface area contributed by atoms with E-state index in [1.165, 1.54) is 37.8 Å². The Morgan fingerprint density at radius 2 is 1.93 bits per heavy atom. The van der Waals surface area contributed by atoms with E-state index in [1.807, 2.05) is 0 Å². The lowest BCUT2D eigenvalue weighted by atomic mass is 9.96. The molecule has 0 heterocycles. The van der Waals surface area contributed by atoms with Crippen LogP contribution in [0.1, 0.15) is 51.4 Å². The van der Waals surface area contributed by atoms with Crippen molar-refractivity contribution in [2.45, 2.75) is 57.4 Å². The zero-order valence-corrected chi connectivity index (χ0v) is 8.71. The van der Waals surface area contributed by atoms with E-state index in [0.717, 1.165) is 19.3 Å². The fraction of sp³-hybridized carbons (Fsp3) is 0.833. The molecule has 14 heavy (non-hydrogen) atoms. The molecular weight excluding hydrogens is 172 g/mol. The van der Waals surface area contributed by atoms with E-state index >= 15 is 0 Å². The molecule has 0 radical (unpaired) electrons. The van der Waals surface area contributed by atoms with Crippen LogP contribution in [0.3, 0.4) is 0 Å². The molecule has 0 bridgehead atoms. The van der Waals surface area contributed by atoms with Crippen molar-refractivity contribution in [3.63, 3.8) is 0 Å². The van der Waals surface area contributed by atoms with Crippen molar-refractivity contribution >= 4 is 5.71 Å². The van der Waals surface area contributed by atoms with E-state index in [4.69, 9.17) is 10.3 Å². The van der Waals surface area contributed by atoms with Crippen molar-refractivity contribution < 1.29 is 0 Å². The van der Waals surface area contributed by atoms with Gasteiger partial charge in [0.1, 0.15) is 0 Å². The highest BCUT2D eigenvalue weighted by Crippen LogP contribution is 2.26. The maximum Gasteiger partial charge on any atom is 0.0659 e. The van der Waals surface area contributed by atoms with Crippen LogP contribution in [-0.4, -0.2) is 11.8 Å². The summed E-state index contributed by atoms with van der Waals surface area (Å²) in [5.74, 6) is 0.261. The minimum absolute atomic E-state index is 0.261. The smallest absolute Gasteiger partial charge is 0.0659 e. The summed E-state index contributed by atoms with van der Waals surface area (Å²) in [4.78, 5) is 4.80. The van der Waals surface area contributed by atoms with Gasteiger partial charge < -0.3 is 0 Å². The average molecular weight is 190 g/mol. The molecule has 76 valence electrons. The maximum atomic E-state index is 8.78. The van der Waals surface area contributed by atoms with Gasteiger partial charge in [0, 0.05) is 18.2 Å². The molecule has 0 aromatic carbocycles. The predicted octanol–water partition coefficient (Wildman–Crippen LogP) is 3.08. The third-order valence-corrected chi connectivity index (χ3v) is 3.39. The molecule has 0 aromatic heterocycles. The van der Waals surface area contributed by atoms with Gasteiger partial charge in [-0.05, 0) is 25.7 Å². The zero-order valence-electron chi connectivity index (χ0n) is 8.71. The Labute approximate surface area is 86.0 Å². The lowest BCUT2D eigenvalue weighted by Gasteiger charge is -2.18. The number of hydrogen-bond acceptors (Lipinski definition) is 2. The number of nitrogens with zero attached hydrogens (tertiary/aromatic N) is 2. The van der Waals surface area contributed by atoms with Gasteiger partial charge in [-0.2, -0.15) is 5.26 Å². The SMILES string of the molecule is N#CC1CCC(=NC2CCCCC2)C1. The standard InChI is InChI=1S/C12H18N2/c13-9-10-6-7-12(8-10)14-11-4-2-1-3-5-11/h10-11H,1-8H2. The van der Waals surface area contributed by atoms with Gasteiger partial charge in [-0.3, -0.25) is 4.99 Å². The lowest BCUT2D eigenvalue weighted by molar-refractivity contribution is 0.443. The van der Waals surface area contributed by atoms with E-state index < -0.39 is 0 Å². The molecule has 2 heteroatoms. The Morgan fingerprint density at radius 3 is 2.57 bits per heavy atom. The van der Waals surface area contributed by atoms with Crippen LogP contribution in [0.15, 0.2) is 4.99 Å². The van der Waals surface area contributed by atoms with Gasteiger partial charge in [0.05, 0.1) is 12.0 Å². The molecule has 2 nitrogen and oxygen atoms in total. The van der Waals surface area contributed by atoms with Crippen LogP contribution in [0.5, 0.6) is 0 Å². The van der Waals surface area contributed by atoms with Crippen molar-refractivity contribution in [1.82, 2.24) is 0 Å². The quantitative estimate of drug-likeness (QED) is 0.626. The average Bonchev–Trinajstić information content (AvgIpc) is 2.67. The third-order valence-electron chi connectivity index (χ3n) is 3.39. The first kappa shape index (κ1) is 9.71. The number of nitriles is 1. The minimum Gasteiger partial charge on any atom is -0.291 e. The fourth-order valence-corrected chi connectivity index (χ4v) is 2.53. The molecule has 1 unspecified atom stereocenters. The van der Waals surface area contributed by atoms with E-state index in [9.17, 15) is 0 Å². The van der Waals surface area contributed by atoms with Gasteiger partial charge in [-0.1, -0.05) is 19.3 Å². The number of aliphatic imine (C=N–C) groups is 1. The van der Waals surface area contributed by atoms with Gasteiger partial charge >= 0.3 is 0 Å². The fourth-order valence-electron chi connectivity index (χ4n) is 2.53. The summed E-state index contributed by atoms with van der Waals surface area (Å²) in [7, 11) is 0. The van der Waals surface area contributed by atoms with Gasteiger partial charge in [-0.25, -0.2) is 0 Å². The van der Waals surface area contributed by atoms with Crippen LogP contribution < -0.4 is 0 Å². The van der Waals surface area contributed by atoms with Gasteiger partial charge in [-0.15, -0.1) is 0 Å². The molecule has 0 aromatic rings. The first-order valence-electron chi connectivity index (χ1n) is 5.83. The van der Waals surface area contributed by atoms with Crippen LogP contribution in [-0.2, 0) is 0 Å². The Hall–Kier alpha value is -0.840. The molecule has 0 aliphatic heterocycles. The van der Waals surface area contributed by atoms with E-state index in [0.29, 0.717) is 6.04 Å². The van der Waals surface area contributed by atoms with Crippen LogP contribution in [0.4, 0.5) is 0 Å². The molecule has 0 saturated heterocycles. The molecule has 2 rings (SSSR count). The third kappa shape index (κ3) is 2.35. The highest BCUT2D eigenvalue weighted by atomic mass is 14.8. The summed E-state index contributed by atoms with van der Waals surface area (Å²) < 4.78 is 0. The second-order valence-electron chi connectivity index (χ2n) is 4.56. The Kier molecular flexibility index (Phi) is 3.18. The molecule has 0 spiro atoms. The van der Waals surface area contributed by atoms with Crippen molar-refractivity contribution in [2.24, 2.45) is 10.9 Å². The summed E-state index contributed by atoms with van der Waals surface area (Å²) in [6, 6.07) is 2.94. The molecule has 2 aliphatic carbocycles. The Morgan fingerprint density at radius 1 is 1.14 bits per heavy atom. The normalized spacial score (nSPS) is 31.9. The second kappa shape index (κ2) is 4.59. The Bertz CT molecular complexity index is 256. The highest BCUT2D eigenvalue weighted by Gasteiger charge is 2.21. The molecule has 1 atom stereocenters. The lowest BCUT2D eigenvalue weighted by Crippen LogP contribution is -2.11. The monoisotopic (exact) mass is 190 g/mol. The van der Waals surface area contributed by atoms with Crippen molar-refractivity contribution in [3.05, 3.63) is 0 Å². The molecule has 2 saturated carbocycles.